The third-order valence-electron chi connectivity index (χ3n) is 1.89. The third kappa shape index (κ3) is 4.16. The first-order valence-electron chi connectivity index (χ1n) is 5.78. The van der Waals surface area contributed by atoms with Gasteiger partial charge in [-0.05, 0) is 24.3 Å². The van der Waals surface area contributed by atoms with Gasteiger partial charge in [-0.3, -0.25) is 4.98 Å². The van der Waals surface area contributed by atoms with Crippen LogP contribution in [0.15, 0.2) is 18.3 Å². The molecule has 5 nitrogen and oxygen atoms in total. The Morgan fingerprint density at radius 1 is 1.00 bits per heavy atom. The van der Waals surface area contributed by atoms with Gasteiger partial charge in [0.05, 0.1) is 17.2 Å². The summed E-state index contributed by atoms with van der Waals surface area (Å²) in [5.41, 5.74) is 0. The van der Waals surface area contributed by atoms with Gasteiger partial charge in [0.1, 0.15) is 0 Å². The first-order chi connectivity index (χ1) is 8.40. The van der Waals surface area contributed by atoms with Crippen molar-refractivity contribution in [2.24, 2.45) is 0 Å². The molecular formula is C13H17NO4-2. The molecule has 1 aromatic rings. The van der Waals surface area contributed by atoms with Crippen LogP contribution in [0, 0.1) is 0 Å². The summed E-state index contributed by atoms with van der Waals surface area (Å²) in [5.74, 6) is -0.963. The fourth-order valence-electron chi connectivity index (χ4n) is 1.19. The smallest absolute Gasteiger partial charge is 0.0847 e. The Hall–Kier alpha value is -1.91. The highest BCUT2D eigenvalue weighted by Gasteiger charge is 1.92. The van der Waals surface area contributed by atoms with Crippen LogP contribution in [0.2, 0.25) is 0 Å². The summed E-state index contributed by atoms with van der Waals surface area (Å²) in [6.07, 6.45) is 0.912. The summed E-state index contributed by atoms with van der Waals surface area (Å²) in [7, 11) is 0. The molecule has 0 fully saturated rings. The minimum atomic E-state index is -0.506. The van der Waals surface area contributed by atoms with Crippen molar-refractivity contribution >= 4 is 11.9 Å². The highest BCUT2D eigenvalue weighted by Crippen LogP contribution is 1.94. The Kier molecular flexibility index (Phi) is 4.83. The van der Waals surface area contributed by atoms with Crippen molar-refractivity contribution in [3.05, 3.63) is 28.9 Å². The number of pyridine rings is 1. The molecule has 0 unspecified atom stereocenters. The number of hydrogen-bond acceptors (Lipinski definition) is 5. The van der Waals surface area contributed by atoms with E-state index in [2.05, 4.69) is 4.98 Å². The normalized spacial score (nSPS) is 14.6. The molecule has 0 amide bonds. The van der Waals surface area contributed by atoms with Gasteiger partial charge >= 0.3 is 0 Å². The number of nitrogens with zero attached hydrogens (tertiary/aromatic N) is 1. The fourth-order valence-corrected chi connectivity index (χ4v) is 1.19. The molecule has 0 spiro atoms. The van der Waals surface area contributed by atoms with Crippen LogP contribution >= 0.6 is 0 Å². The summed E-state index contributed by atoms with van der Waals surface area (Å²) in [5, 5.41) is 23.5. The zero-order valence-electron chi connectivity index (χ0n) is 11.0. The summed E-state index contributed by atoms with van der Waals surface area (Å²) >= 11 is 0. The van der Waals surface area contributed by atoms with Crippen LogP contribution in [0.4, 0.5) is 0 Å². The maximum atomic E-state index is 11.5. The standard InChI is InChI=1S/C13H19NO4/c1-8(2)17-12(15)10-5-6-11(14-7-10)13(16)18-9(3)4/h5-9,15-16H,1-4H3/p-2/b12-10?,13-11+. The molecule has 0 aliphatic rings. The van der Waals surface area contributed by atoms with Gasteiger partial charge in [0, 0.05) is 11.4 Å². The quantitative estimate of drug-likeness (QED) is 0.670. The summed E-state index contributed by atoms with van der Waals surface area (Å²) in [6, 6.07) is 2.94. The number of hydrogen-bond donors (Lipinski definition) is 0. The van der Waals surface area contributed by atoms with Gasteiger partial charge in [-0.2, -0.15) is 0 Å². The molecular weight excluding hydrogens is 234 g/mol. The van der Waals surface area contributed by atoms with E-state index in [4.69, 9.17) is 9.47 Å². The first kappa shape index (κ1) is 14.2. The van der Waals surface area contributed by atoms with E-state index in [1.165, 1.54) is 18.3 Å². The Bertz CT molecular complexity index is 438. The largest absolute Gasteiger partial charge is 0.610 e. The van der Waals surface area contributed by atoms with E-state index < -0.39 is 11.9 Å². The molecule has 1 aromatic heterocycles. The molecule has 0 saturated heterocycles. The summed E-state index contributed by atoms with van der Waals surface area (Å²) in [4.78, 5) is 3.88. The van der Waals surface area contributed by atoms with E-state index in [1.807, 2.05) is 0 Å². The zero-order chi connectivity index (χ0) is 13.7. The van der Waals surface area contributed by atoms with Crippen LogP contribution in [0.3, 0.4) is 0 Å². The van der Waals surface area contributed by atoms with E-state index in [1.54, 1.807) is 27.7 Å². The van der Waals surface area contributed by atoms with Crippen molar-refractivity contribution in [1.29, 1.82) is 0 Å². The molecule has 0 aliphatic carbocycles. The molecule has 0 aromatic carbocycles. The van der Waals surface area contributed by atoms with E-state index in [-0.39, 0.29) is 17.6 Å². The van der Waals surface area contributed by atoms with Crippen molar-refractivity contribution in [2.75, 3.05) is 0 Å². The van der Waals surface area contributed by atoms with E-state index in [0.717, 1.165) is 0 Å². The predicted molar refractivity (Wildman–Crippen MR) is 62.7 cm³/mol. The average Bonchev–Trinajstić information content (AvgIpc) is 2.27. The Labute approximate surface area is 106 Å². The molecule has 0 saturated carbocycles. The average molecular weight is 251 g/mol. The number of aromatic nitrogens is 1. The topological polar surface area (TPSA) is 77.5 Å². The predicted octanol–water partition coefficient (Wildman–Crippen LogP) is -1.22. The molecule has 0 bridgehead atoms. The molecule has 0 aliphatic heterocycles. The zero-order valence-corrected chi connectivity index (χ0v) is 11.0. The lowest BCUT2D eigenvalue weighted by molar-refractivity contribution is -0.297. The molecule has 5 heteroatoms. The molecule has 0 N–H and O–H groups in total. The maximum Gasteiger partial charge on any atom is 0.0847 e. The van der Waals surface area contributed by atoms with Crippen molar-refractivity contribution < 1.29 is 19.7 Å². The lowest BCUT2D eigenvalue weighted by Crippen LogP contribution is -2.27. The molecule has 0 radical (unpaired) electrons. The Morgan fingerprint density at radius 2 is 1.56 bits per heavy atom. The van der Waals surface area contributed by atoms with Crippen molar-refractivity contribution in [1.82, 2.24) is 4.98 Å². The fraction of sp³-hybridized carbons (Fsp3) is 0.462. The van der Waals surface area contributed by atoms with Crippen LogP contribution in [0.25, 0.3) is 11.9 Å². The van der Waals surface area contributed by atoms with Crippen molar-refractivity contribution in [3.63, 3.8) is 0 Å². The highest BCUT2D eigenvalue weighted by atomic mass is 16.6. The van der Waals surface area contributed by atoms with E-state index in [0.29, 0.717) is 5.22 Å². The summed E-state index contributed by atoms with van der Waals surface area (Å²) in [6.45, 7) is 7.04. The number of rotatable bonds is 4. The Balaban J connectivity index is 3.06. The lowest BCUT2D eigenvalue weighted by atomic mass is 10.4. The van der Waals surface area contributed by atoms with Crippen molar-refractivity contribution in [2.45, 2.75) is 39.9 Å². The van der Waals surface area contributed by atoms with Gasteiger partial charge in [0.25, 0.3) is 0 Å². The van der Waals surface area contributed by atoms with Gasteiger partial charge in [-0.15, -0.1) is 0 Å². The lowest BCUT2D eigenvalue weighted by Gasteiger charge is -2.20. The minimum Gasteiger partial charge on any atom is -0.610 e. The van der Waals surface area contributed by atoms with Crippen molar-refractivity contribution in [3.8, 4) is 0 Å². The van der Waals surface area contributed by atoms with Gasteiger partial charge < -0.3 is 19.7 Å². The monoisotopic (exact) mass is 251 g/mol. The van der Waals surface area contributed by atoms with Crippen LogP contribution < -0.4 is 20.8 Å². The molecule has 18 heavy (non-hydrogen) atoms. The van der Waals surface area contributed by atoms with E-state index in [9.17, 15) is 10.2 Å². The van der Waals surface area contributed by atoms with Gasteiger partial charge in [0.2, 0.25) is 0 Å². The minimum absolute atomic E-state index is 0.171. The second-order valence-corrected chi connectivity index (χ2v) is 4.34. The van der Waals surface area contributed by atoms with Crippen LogP contribution in [-0.2, 0) is 9.47 Å². The van der Waals surface area contributed by atoms with Gasteiger partial charge in [-0.1, -0.05) is 27.7 Å². The SMILES string of the molecule is CC(C)OC([O-])=c1cc/c(=C(/[O-])OC(C)C)nc1. The maximum absolute atomic E-state index is 11.5. The number of ether oxygens (including phenoxy) is 2. The molecule has 100 valence electrons. The van der Waals surface area contributed by atoms with Crippen LogP contribution in [0.1, 0.15) is 27.7 Å². The molecule has 1 heterocycles. The van der Waals surface area contributed by atoms with Crippen LogP contribution in [0.5, 0.6) is 0 Å². The first-order valence-corrected chi connectivity index (χ1v) is 5.78. The Morgan fingerprint density at radius 3 is 2.00 bits per heavy atom. The van der Waals surface area contributed by atoms with Gasteiger partial charge in [0.15, 0.2) is 0 Å². The molecule has 1 rings (SSSR count). The highest BCUT2D eigenvalue weighted by molar-refractivity contribution is 5.25. The second kappa shape index (κ2) is 6.14. The van der Waals surface area contributed by atoms with E-state index >= 15 is 0 Å². The molecule has 0 atom stereocenters. The van der Waals surface area contributed by atoms with Crippen LogP contribution in [-0.4, -0.2) is 17.2 Å². The third-order valence-corrected chi connectivity index (χ3v) is 1.89. The summed E-state index contributed by atoms with van der Waals surface area (Å²) < 4.78 is 9.99. The van der Waals surface area contributed by atoms with Gasteiger partial charge in [-0.25, -0.2) is 0 Å². The second-order valence-electron chi connectivity index (χ2n) is 4.34.